The molecule has 1 amide bonds. The van der Waals surface area contributed by atoms with E-state index in [1.54, 1.807) is 0 Å². The highest BCUT2D eigenvalue weighted by molar-refractivity contribution is 5.78. The van der Waals surface area contributed by atoms with Crippen LogP contribution in [0, 0.1) is 19.8 Å². The van der Waals surface area contributed by atoms with E-state index in [1.165, 1.54) is 19.3 Å². The predicted molar refractivity (Wildman–Crippen MR) is 100 cm³/mol. The van der Waals surface area contributed by atoms with E-state index in [9.17, 15) is 4.79 Å². The van der Waals surface area contributed by atoms with Gasteiger partial charge in [-0.2, -0.15) is 0 Å². The van der Waals surface area contributed by atoms with Gasteiger partial charge in [-0.1, -0.05) is 37.1 Å². The van der Waals surface area contributed by atoms with Crippen LogP contribution in [-0.4, -0.2) is 17.1 Å². The number of nitrogens with zero attached hydrogens (tertiary/aromatic N) is 1. The van der Waals surface area contributed by atoms with Gasteiger partial charge in [-0.3, -0.25) is 4.79 Å². The van der Waals surface area contributed by atoms with Gasteiger partial charge >= 0.3 is 0 Å². The third-order valence-electron chi connectivity index (χ3n) is 5.31. The number of hydrogen-bond acceptors (Lipinski definition) is 4. The second-order valence-electron chi connectivity index (χ2n) is 7.35. The highest BCUT2D eigenvalue weighted by atomic mass is 16.5. The second-order valence-corrected chi connectivity index (χ2v) is 7.35. The molecule has 1 aliphatic rings. The maximum Gasteiger partial charge on any atom is 0.224 e. The Balaban J connectivity index is 1.50. The molecule has 5 heteroatoms. The summed E-state index contributed by atoms with van der Waals surface area (Å²) in [5.74, 6) is 2.24. The molecule has 2 atom stereocenters. The Bertz CT molecular complexity index is 717. The molecule has 3 rings (SSSR count). The number of hydrogen-bond donors (Lipinski definition) is 1. The van der Waals surface area contributed by atoms with Crippen LogP contribution in [0.25, 0.3) is 0 Å². The average Bonchev–Trinajstić information content (AvgIpc) is 2.94. The van der Waals surface area contributed by atoms with Gasteiger partial charge in [0.15, 0.2) is 0 Å². The molecule has 1 fully saturated rings. The molecule has 0 saturated heterocycles. The van der Waals surface area contributed by atoms with Gasteiger partial charge in [0.1, 0.15) is 18.1 Å². The fraction of sp³-hybridized carbons (Fsp3) is 0.524. The number of nitrogens with one attached hydrogen (secondary N) is 1. The molecular formula is C21H28N2O3. The minimum absolute atomic E-state index is 0.105. The highest BCUT2D eigenvalue weighted by Gasteiger charge is 2.22. The fourth-order valence-corrected chi connectivity index (χ4v) is 3.54. The summed E-state index contributed by atoms with van der Waals surface area (Å²) in [5.41, 5.74) is 2.83. The number of rotatable bonds is 6. The van der Waals surface area contributed by atoms with E-state index in [-0.39, 0.29) is 5.91 Å². The van der Waals surface area contributed by atoms with Gasteiger partial charge in [-0.05, 0) is 50.3 Å². The van der Waals surface area contributed by atoms with E-state index in [0.29, 0.717) is 25.0 Å². The largest absolute Gasteiger partial charge is 0.489 e. The van der Waals surface area contributed by atoms with Crippen molar-refractivity contribution in [2.75, 3.05) is 0 Å². The van der Waals surface area contributed by atoms with Gasteiger partial charge in [-0.15, -0.1) is 0 Å². The van der Waals surface area contributed by atoms with E-state index < -0.39 is 0 Å². The maximum atomic E-state index is 12.3. The summed E-state index contributed by atoms with van der Waals surface area (Å²) in [5, 5.41) is 7.13. The van der Waals surface area contributed by atoms with Gasteiger partial charge in [0.05, 0.1) is 17.7 Å². The lowest BCUT2D eigenvalue weighted by atomic mass is 9.86. The number of aryl methyl sites for hydroxylation is 2. The van der Waals surface area contributed by atoms with Gasteiger partial charge in [0.2, 0.25) is 5.91 Å². The molecule has 26 heavy (non-hydrogen) atoms. The predicted octanol–water partition coefficient (Wildman–Crippen LogP) is 4.11. The highest BCUT2D eigenvalue weighted by Crippen LogP contribution is 2.24. The normalized spacial score (nSPS) is 20.0. The summed E-state index contributed by atoms with van der Waals surface area (Å²) in [6.45, 7) is 6.45. The maximum absolute atomic E-state index is 12.3. The van der Waals surface area contributed by atoms with Crippen LogP contribution in [-0.2, 0) is 17.8 Å². The van der Waals surface area contributed by atoms with E-state index in [1.807, 2.05) is 38.1 Å². The van der Waals surface area contributed by atoms with Gasteiger partial charge < -0.3 is 14.6 Å². The first-order valence-electron chi connectivity index (χ1n) is 9.46. The Hall–Kier alpha value is -2.30. The van der Waals surface area contributed by atoms with Gasteiger partial charge in [-0.25, -0.2) is 0 Å². The lowest BCUT2D eigenvalue weighted by Gasteiger charge is -2.29. The summed E-state index contributed by atoms with van der Waals surface area (Å²) in [6, 6.07) is 8.04. The van der Waals surface area contributed by atoms with Crippen LogP contribution < -0.4 is 10.1 Å². The summed E-state index contributed by atoms with van der Waals surface area (Å²) >= 11 is 0. The summed E-state index contributed by atoms with van der Waals surface area (Å²) < 4.78 is 10.9. The summed E-state index contributed by atoms with van der Waals surface area (Å²) in [7, 11) is 0. The summed E-state index contributed by atoms with van der Waals surface area (Å²) in [4.78, 5) is 12.3. The molecule has 0 bridgehead atoms. The van der Waals surface area contributed by atoms with Crippen LogP contribution in [0.3, 0.4) is 0 Å². The van der Waals surface area contributed by atoms with Crippen molar-refractivity contribution in [1.82, 2.24) is 10.5 Å². The molecule has 0 radical (unpaired) electrons. The second kappa shape index (κ2) is 8.39. The summed E-state index contributed by atoms with van der Waals surface area (Å²) in [6.07, 6.45) is 5.21. The first-order valence-corrected chi connectivity index (χ1v) is 9.46. The Morgan fingerprint density at radius 3 is 2.62 bits per heavy atom. The third-order valence-corrected chi connectivity index (χ3v) is 5.31. The van der Waals surface area contributed by atoms with E-state index in [4.69, 9.17) is 9.26 Å². The molecule has 1 heterocycles. The van der Waals surface area contributed by atoms with Crippen molar-refractivity contribution in [3.8, 4) is 5.75 Å². The van der Waals surface area contributed by atoms with E-state index >= 15 is 0 Å². The van der Waals surface area contributed by atoms with Crippen LogP contribution in [0.1, 0.15) is 55.2 Å². The van der Waals surface area contributed by atoms with Crippen molar-refractivity contribution in [2.24, 2.45) is 5.92 Å². The lowest BCUT2D eigenvalue weighted by Crippen LogP contribution is -2.41. The first kappa shape index (κ1) is 18.5. The van der Waals surface area contributed by atoms with E-state index in [2.05, 4.69) is 17.4 Å². The zero-order valence-electron chi connectivity index (χ0n) is 15.9. The molecule has 0 aliphatic heterocycles. The molecular weight excluding hydrogens is 328 g/mol. The number of carbonyl (C=O) groups excluding carboxylic acids is 1. The third kappa shape index (κ3) is 4.65. The zero-order valence-corrected chi connectivity index (χ0v) is 15.9. The fourth-order valence-electron chi connectivity index (χ4n) is 3.54. The van der Waals surface area contributed by atoms with Crippen molar-refractivity contribution in [2.45, 2.75) is 65.5 Å². The number of amides is 1. The SMILES string of the molecule is Cc1noc(C)c1COc1ccc(CC(=O)N[C@H]2CCCC[C@H]2C)cc1. The first-order chi connectivity index (χ1) is 12.5. The molecule has 1 N–H and O–H groups in total. The quantitative estimate of drug-likeness (QED) is 0.846. The van der Waals surface area contributed by atoms with Crippen molar-refractivity contribution in [3.63, 3.8) is 0 Å². The molecule has 0 spiro atoms. The molecule has 140 valence electrons. The molecule has 5 nitrogen and oxygen atoms in total. The smallest absolute Gasteiger partial charge is 0.224 e. The van der Waals surface area contributed by atoms with Crippen LogP contribution in [0.15, 0.2) is 28.8 Å². The number of aromatic nitrogens is 1. The average molecular weight is 356 g/mol. The molecule has 2 aromatic rings. The van der Waals surface area contributed by atoms with Crippen LogP contribution in [0.4, 0.5) is 0 Å². The van der Waals surface area contributed by atoms with Crippen LogP contribution in [0.5, 0.6) is 5.75 Å². The standard InChI is InChI=1S/C21H28N2O3/c1-14-6-4-5-7-20(14)22-21(24)12-17-8-10-18(11-9-17)25-13-19-15(2)23-26-16(19)3/h8-11,14,20H,4-7,12-13H2,1-3H3,(H,22,24)/t14-,20+/m1/s1. The zero-order chi connectivity index (χ0) is 18.5. The van der Waals surface area contributed by atoms with Gasteiger partial charge in [0, 0.05) is 6.04 Å². The Kier molecular flexibility index (Phi) is 5.96. The molecule has 1 aromatic heterocycles. The minimum atomic E-state index is 0.105. The van der Waals surface area contributed by atoms with Crippen LogP contribution in [0.2, 0.25) is 0 Å². The molecule has 1 aromatic carbocycles. The van der Waals surface area contributed by atoms with Crippen molar-refractivity contribution < 1.29 is 14.1 Å². The van der Waals surface area contributed by atoms with E-state index in [0.717, 1.165) is 34.8 Å². The monoisotopic (exact) mass is 356 g/mol. The molecule has 1 aliphatic carbocycles. The van der Waals surface area contributed by atoms with Gasteiger partial charge in [0.25, 0.3) is 0 Å². The van der Waals surface area contributed by atoms with Crippen molar-refractivity contribution in [3.05, 3.63) is 46.8 Å². The topological polar surface area (TPSA) is 64.4 Å². The Morgan fingerprint density at radius 2 is 1.96 bits per heavy atom. The molecule has 0 unspecified atom stereocenters. The number of carbonyl (C=O) groups is 1. The number of ether oxygens (including phenoxy) is 1. The van der Waals surface area contributed by atoms with Crippen molar-refractivity contribution >= 4 is 5.91 Å². The van der Waals surface area contributed by atoms with Crippen molar-refractivity contribution in [1.29, 1.82) is 0 Å². The van der Waals surface area contributed by atoms with Crippen LogP contribution >= 0.6 is 0 Å². The minimum Gasteiger partial charge on any atom is -0.489 e. The molecule has 1 saturated carbocycles. The number of benzene rings is 1. The lowest BCUT2D eigenvalue weighted by molar-refractivity contribution is -0.121. The Morgan fingerprint density at radius 1 is 1.23 bits per heavy atom. The Labute approximate surface area is 155 Å².